The lowest BCUT2D eigenvalue weighted by atomic mass is 9.94. The minimum atomic E-state index is -3.66. The van der Waals surface area contributed by atoms with Gasteiger partial charge in [0.15, 0.2) is 0 Å². The molecule has 3 aromatic carbocycles. The first-order valence-electron chi connectivity index (χ1n) is 12.6. The number of aryl methyl sites for hydroxylation is 1. The second-order valence-electron chi connectivity index (χ2n) is 9.31. The van der Waals surface area contributed by atoms with Gasteiger partial charge in [-0.2, -0.15) is 4.31 Å². The lowest BCUT2D eigenvalue weighted by Gasteiger charge is -2.31. The Balaban J connectivity index is 1.73. The molecule has 0 bridgehead atoms. The number of carbonyl (C=O) groups excluding carboxylic acids is 2. The summed E-state index contributed by atoms with van der Waals surface area (Å²) < 4.78 is 27.8. The lowest BCUT2D eigenvalue weighted by Crippen LogP contribution is -2.39. The van der Waals surface area contributed by atoms with Crippen LogP contribution < -0.4 is 5.32 Å². The molecule has 1 aliphatic heterocycles. The van der Waals surface area contributed by atoms with Crippen molar-refractivity contribution < 1.29 is 18.0 Å². The van der Waals surface area contributed by atoms with Crippen molar-refractivity contribution in [2.24, 2.45) is 0 Å². The van der Waals surface area contributed by atoms with Crippen molar-refractivity contribution >= 4 is 27.5 Å². The number of benzene rings is 3. The average Bonchev–Trinajstić information content (AvgIpc) is 3.04. The molecule has 0 saturated heterocycles. The van der Waals surface area contributed by atoms with Gasteiger partial charge in [0.2, 0.25) is 15.9 Å². The number of amides is 2. The van der Waals surface area contributed by atoms with Crippen molar-refractivity contribution in [2.45, 2.75) is 44.6 Å². The molecule has 1 N–H and O–H groups in total. The molecule has 8 heteroatoms. The van der Waals surface area contributed by atoms with Gasteiger partial charge in [-0.05, 0) is 55.7 Å². The molecule has 0 fully saturated rings. The molecule has 194 valence electrons. The number of sulfonamides is 1. The minimum Gasteiger partial charge on any atom is -0.324 e. The summed E-state index contributed by atoms with van der Waals surface area (Å²) in [6.07, 6.45) is 1.43. The fourth-order valence-electron chi connectivity index (χ4n) is 4.75. The van der Waals surface area contributed by atoms with Gasteiger partial charge in [0, 0.05) is 29.9 Å². The number of fused-ring (bicyclic) bond motifs is 1. The third kappa shape index (κ3) is 5.60. The van der Waals surface area contributed by atoms with Crippen LogP contribution in [0.1, 0.15) is 59.8 Å². The third-order valence-corrected chi connectivity index (χ3v) is 8.38. The van der Waals surface area contributed by atoms with Crippen molar-refractivity contribution in [3.63, 3.8) is 0 Å². The minimum absolute atomic E-state index is 0.132. The predicted molar refractivity (Wildman–Crippen MR) is 145 cm³/mol. The molecule has 3 aromatic rings. The van der Waals surface area contributed by atoms with Gasteiger partial charge in [-0.3, -0.25) is 9.59 Å². The van der Waals surface area contributed by atoms with E-state index in [-0.39, 0.29) is 23.3 Å². The number of nitrogens with one attached hydrogen (secondary N) is 1. The fraction of sp³-hybridized carbons (Fsp3) is 0.310. The van der Waals surface area contributed by atoms with Crippen LogP contribution in [0.15, 0.2) is 77.7 Å². The Morgan fingerprint density at radius 3 is 2.24 bits per heavy atom. The van der Waals surface area contributed by atoms with E-state index in [9.17, 15) is 18.0 Å². The quantitative estimate of drug-likeness (QED) is 0.454. The first kappa shape index (κ1) is 26.6. The summed E-state index contributed by atoms with van der Waals surface area (Å²) >= 11 is 0. The molecule has 0 spiro atoms. The van der Waals surface area contributed by atoms with Crippen LogP contribution in [-0.4, -0.2) is 49.1 Å². The number of anilines is 1. The van der Waals surface area contributed by atoms with Crippen LogP contribution >= 0.6 is 0 Å². The van der Waals surface area contributed by atoms with Crippen LogP contribution in [0.2, 0.25) is 0 Å². The van der Waals surface area contributed by atoms with Crippen molar-refractivity contribution in [3.05, 3.63) is 95.1 Å². The Morgan fingerprint density at radius 1 is 0.973 bits per heavy atom. The van der Waals surface area contributed by atoms with Crippen LogP contribution in [0.3, 0.4) is 0 Å². The van der Waals surface area contributed by atoms with E-state index in [1.54, 1.807) is 4.90 Å². The zero-order valence-electron chi connectivity index (χ0n) is 21.5. The molecular formula is C29H33N3O4S. The third-order valence-electron chi connectivity index (χ3n) is 6.46. The van der Waals surface area contributed by atoms with E-state index in [4.69, 9.17) is 0 Å². The van der Waals surface area contributed by atoms with E-state index < -0.39 is 16.1 Å². The average molecular weight is 520 g/mol. The smallest absolute Gasteiger partial charge is 0.255 e. The number of hydrogen-bond donors (Lipinski definition) is 1. The Morgan fingerprint density at radius 2 is 1.62 bits per heavy atom. The SMILES string of the molecule is CCCN(CCC)S(=O)(=O)c1ccc(C(=O)N2CC(=O)Nc3ccc(C)cc3C2c2ccccc2)cc1. The first-order valence-corrected chi connectivity index (χ1v) is 14.1. The summed E-state index contributed by atoms with van der Waals surface area (Å²) in [6.45, 7) is 6.61. The van der Waals surface area contributed by atoms with Gasteiger partial charge in [-0.1, -0.05) is 61.9 Å². The topological polar surface area (TPSA) is 86.8 Å². The maximum Gasteiger partial charge on any atom is 0.255 e. The molecule has 0 radical (unpaired) electrons. The van der Waals surface area contributed by atoms with Gasteiger partial charge in [0.25, 0.3) is 5.91 Å². The number of rotatable bonds is 8. The zero-order chi connectivity index (χ0) is 26.6. The van der Waals surface area contributed by atoms with Crippen LogP contribution in [0.5, 0.6) is 0 Å². The number of nitrogens with zero attached hydrogens (tertiary/aromatic N) is 2. The second-order valence-corrected chi connectivity index (χ2v) is 11.3. The summed E-state index contributed by atoms with van der Waals surface area (Å²) in [5.74, 6) is -0.632. The zero-order valence-corrected chi connectivity index (χ0v) is 22.3. The van der Waals surface area contributed by atoms with Crippen LogP contribution in [-0.2, 0) is 14.8 Å². The Kier molecular flexibility index (Phi) is 8.10. The molecule has 1 aliphatic rings. The molecule has 0 saturated carbocycles. The van der Waals surface area contributed by atoms with Crippen LogP contribution in [0, 0.1) is 6.92 Å². The van der Waals surface area contributed by atoms with Gasteiger partial charge >= 0.3 is 0 Å². The maximum atomic E-state index is 13.9. The highest BCUT2D eigenvalue weighted by atomic mass is 32.2. The van der Waals surface area contributed by atoms with E-state index >= 15 is 0 Å². The van der Waals surface area contributed by atoms with Gasteiger partial charge < -0.3 is 10.2 Å². The summed E-state index contributed by atoms with van der Waals surface area (Å²) in [4.78, 5) is 28.4. The summed E-state index contributed by atoms with van der Waals surface area (Å²) in [7, 11) is -3.66. The molecule has 2 amide bonds. The molecule has 4 rings (SSSR count). The highest BCUT2D eigenvalue weighted by Crippen LogP contribution is 2.37. The summed E-state index contributed by atoms with van der Waals surface area (Å²) in [5.41, 5.74) is 3.73. The normalized spacial score (nSPS) is 15.7. The van der Waals surface area contributed by atoms with Crippen molar-refractivity contribution in [1.82, 2.24) is 9.21 Å². The lowest BCUT2D eigenvalue weighted by molar-refractivity contribution is -0.117. The van der Waals surface area contributed by atoms with Crippen LogP contribution in [0.25, 0.3) is 0 Å². The Bertz CT molecular complexity index is 1370. The van der Waals surface area contributed by atoms with Crippen molar-refractivity contribution in [1.29, 1.82) is 0 Å². The summed E-state index contributed by atoms with van der Waals surface area (Å²) in [5, 5.41) is 2.93. The molecule has 1 atom stereocenters. The molecule has 37 heavy (non-hydrogen) atoms. The van der Waals surface area contributed by atoms with Crippen molar-refractivity contribution in [2.75, 3.05) is 25.0 Å². The maximum absolute atomic E-state index is 13.9. The Labute approximate surface area is 219 Å². The monoisotopic (exact) mass is 519 g/mol. The van der Waals surface area contributed by atoms with E-state index in [2.05, 4.69) is 5.32 Å². The molecular weight excluding hydrogens is 486 g/mol. The predicted octanol–water partition coefficient (Wildman–Crippen LogP) is 4.99. The Hall–Kier alpha value is -3.49. The summed E-state index contributed by atoms with van der Waals surface area (Å²) in [6, 6.07) is 20.9. The van der Waals surface area contributed by atoms with Gasteiger partial charge in [0.1, 0.15) is 6.54 Å². The van der Waals surface area contributed by atoms with E-state index in [0.717, 1.165) is 16.7 Å². The highest BCUT2D eigenvalue weighted by molar-refractivity contribution is 7.89. The molecule has 7 nitrogen and oxygen atoms in total. The highest BCUT2D eigenvalue weighted by Gasteiger charge is 2.34. The number of hydrogen-bond acceptors (Lipinski definition) is 4. The van der Waals surface area contributed by atoms with E-state index in [1.165, 1.54) is 28.6 Å². The van der Waals surface area contributed by atoms with Gasteiger partial charge in [-0.15, -0.1) is 0 Å². The molecule has 0 aromatic heterocycles. The standard InChI is InChI=1S/C29H33N3O4S/c1-4-17-31(18-5-2)37(35,36)24-14-12-23(13-15-24)29(34)32-20-27(33)30-26-16-11-21(3)19-25(26)28(32)22-9-7-6-8-10-22/h6-16,19,28H,4-5,17-18,20H2,1-3H3,(H,30,33). The second kappa shape index (κ2) is 11.3. The first-order chi connectivity index (χ1) is 17.8. The largest absolute Gasteiger partial charge is 0.324 e. The fourth-order valence-corrected chi connectivity index (χ4v) is 6.37. The number of carbonyl (C=O) groups is 2. The van der Waals surface area contributed by atoms with Gasteiger partial charge in [-0.25, -0.2) is 8.42 Å². The van der Waals surface area contributed by atoms with E-state index in [1.807, 2.05) is 69.3 Å². The molecule has 1 unspecified atom stereocenters. The van der Waals surface area contributed by atoms with Crippen molar-refractivity contribution in [3.8, 4) is 0 Å². The van der Waals surface area contributed by atoms with E-state index in [0.29, 0.717) is 37.2 Å². The van der Waals surface area contributed by atoms with Crippen LogP contribution in [0.4, 0.5) is 5.69 Å². The molecule has 0 aliphatic carbocycles. The van der Waals surface area contributed by atoms with Gasteiger partial charge in [0.05, 0.1) is 10.9 Å². The molecule has 1 heterocycles.